The van der Waals surface area contributed by atoms with Crippen LogP contribution in [0.1, 0.15) is 0 Å². The van der Waals surface area contributed by atoms with E-state index in [-0.39, 0.29) is 8.80 Å². The van der Waals surface area contributed by atoms with Crippen molar-refractivity contribution in [3.8, 4) is 0 Å². The number of hydrogen-bond acceptors (Lipinski definition) is 0. The van der Waals surface area contributed by atoms with Gasteiger partial charge in [0.2, 0.25) is 0 Å². The van der Waals surface area contributed by atoms with E-state index in [2.05, 4.69) is 87.3 Å². The van der Waals surface area contributed by atoms with Gasteiger partial charge in [0.15, 0.2) is 0 Å². The third-order valence-corrected chi connectivity index (χ3v) is 42.3. The summed E-state index contributed by atoms with van der Waals surface area (Å²) in [4.78, 5) is 0. The van der Waals surface area contributed by atoms with Gasteiger partial charge in [-0.2, -0.15) is 0 Å². The Hall–Kier alpha value is 1.60. The summed E-state index contributed by atoms with van der Waals surface area (Å²) in [6.45, 7) is 26.2. The molecule has 0 fully saturated rings. The average molecular weight is 402 g/mol. The van der Waals surface area contributed by atoms with E-state index < -0.39 is 21.7 Å². The van der Waals surface area contributed by atoms with Gasteiger partial charge in [0.05, 0.1) is 0 Å². The molecule has 0 aromatic rings. The molecule has 0 aliphatic rings. The van der Waals surface area contributed by atoms with Crippen molar-refractivity contribution in [2.45, 2.75) is 69.4 Å². The van der Waals surface area contributed by atoms with Crippen LogP contribution in [0.5, 0.6) is 0 Å². The molecule has 0 aliphatic heterocycles. The molecule has 0 aliphatic carbocycles. The highest BCUT2D eigenvalue weighted by atomic mass is 127. The number of halogens is 1. The first-order chi connectivity index (χ1) is 6.69. The summed E-state index contributed by atoms with van der Waals surface area (Å²) in [5.41, 5.74) is -1.13. The number of hydrogen-bond donors (Lipinski definition) is 0. The quantitative estimate of drug-likeness (QED) is 0.335. The molecule has 1 radical (unpaired) electrons. The molecule has 0 unspecified atom stereocenters. The largest absolute Gasteiger partial charge is 0.120 e. The van der Waals surface area contributed by atoms with Crippen molar-refractivity contribution in [2.24, 2.45) is 0 Å². The third kappa shape index (κ3) is 2.78. The van der Waals surface area contributed by atoms with Crippen LogP contribution in [0.4, 0.5) is 0 Å². The van der Waals surface area contributed by atoms with Crippen molar-refractivity contribution in [1.29, 1.82) is 0 Å². The van der Waals surface area contributed by atoms with Crippen molar-refractivity contribution in [2.75, 3.05) is 0 Å². The molecule has 0 rings (SSSR count). The summed E-state index contributed by atoms with van der Waals surface area (Å²) >= 11 is 2.89. The van der Waals surface area contributed by atoms with Gasteiger partial charge in [-0.1, -0.05) is 65.5 Å². The zero-order chi connectivity index (χ0) is 13.6. The van der Waals surface area contributed by atoms with Crippen molar-refractivity contribution < 1.29 is 0 Å². The van der Waals surface area contributed by atoms with Crippen LogP contribution in [0.15, 0.2) is 0 Å². The van der Waals surface area contributed by atoms with Gasteiger partial charge in [0.1, 0.15) is 5.57 Å². The van der Waals surface area contributed by atoms with Gasteiger partial charge in [-0.25, -0.2) is 0 Å². The van der Waals surface area contributed by atoms with Gasteiger partial charge in [0, 0.05) is 24.9 Å². The summed E-state index contributed by atoms with van der Waals surface area (Å²) < 4.78 is 0.818. The fourth-order valence-electron chi connectivity index (χ4n) is 5.00. The minimum Gasteiger partial charge on any atom is -0.120 e. The molecule has 0 atom stereocenters. The topological polar surface area (TPSA) is 0 Å². The van der Waals surface area contributed by atoms with E-state index in [1.807, 2.05) is 0 Å². The minimum absolute atomic E-state index is 0.227. The van der Waals surface area contributed by atoms with Gasteiger partial charge in [0.25, 0.3) is 0 Å². The normalized spacial score (nSPS) is 15.8. The SMILES string of the molecule is C[Si](C)C([Si](C)(C)C)([Si](C)(C)C)[Si](C)(C)I. The number of rotatable bonds is 4. The van der Waals surface area contributed by atoms with Crippen molar-refractivity contribution in [1.82, 2.24) is 0 Å². The Morgan fingerprint density at radius 3 is 1.00 bits per heavy atom. The van der Waals surface area contributed by atoms with E-state index in [0.717, 1.165) is 3.91 Å². The van der Waals surface area contributed by atoms with Gasteiger partial charge in [-0.05, 0) is 3.91 Å². The fourth-order valence-corrected chi connectivity index (χ4v) is 64.4. The zero-order valence-corrected chi connectivity index (χ0v) is 19.0. The second-order valence-electron chi connectivity index (χ2n) is 7.72. The maximum Gasteiger partial charge on any atom is 0.117 e. The molecular formula is C11H30ISi4. The molecule has 0 heterocycles. The van der Waals surface area contributed by atoms with Gasteiger partial charge in [-0.15, -0.1) is 21.8 Å². The first kappa shape index (κ1) is 17.6. The lowest BCUT2D eigenvalue weighted by atomic mass is 11.6. The Morgan fingerprint density at radius 1 is 0.750 bits per heavy atom. The Bertz CT molecular complexity index is 206. The molecule has 5 heteroatoms. The molecule has 0 bridgehead atoms. The first-order valence-electron chi connectivity index (χ1n) is 6.19. The lowest BCUT2D eigenvalue weighted by Gasteiger charge is -2.60. The Kier molecular flexibility index (Phi) is 5.43. The Balaban J connectivity index is 6.05. The van der Waals surface area contributed by atoms with Crippen molar-refractivity contribution in [3.05, 3.63) is 0 Å². The molecular weight excluding hydrogens is 371 g/mol. The van der Waals surface area contributed by atoms with Crippen LogP contribution in [0.2, 0.25) is 69.4 Å². The highest BCUT2D eigenvalue weighted by Crippen LogP contribution is 2.57. The molecule has 0 aromatic carbocycles. The van der Waals surface area contributed by atoms with Crippen LogP contribution < -0.4 is 0 Å². The summed E-state index contributed by atoms with van der Waals surface area (Å²) in [5.74, 6) is 0. The third-order valence-electron chi connectivity index (χ3n) is 3.89. The van der Waals surface area contributed by atoms with E-state index in [9.17, 15) is 0 Å². The van der Waals surface area contributed by atoms with Gasteiger partial charge < -0.3 is 0 Å². The second-order valence-corrected chi connectivity index (χ2v) is 35.8. The van der Waals surface area contributed by atoms with Crippen LogP contribution in [-0.4, -0.2) is 30.5 Å². The molecule has 0 nitrogen and oxygen atoms in total. The lowest BCUT2D eigenvalue weighted by Crippen LogP contribution is -2.69. The Labute approximate surface area is 121 Å². The molecule has 0 N–H and O–H groups in total. The molecule has 0 saturated heterocycles. The highest BCUT2D eigenvalue weighted by Gasteiger charge is 2.62. The Morgan fingerprint density at radius 2 is 1.00 bits per heavy atom. The average Bonchev–Trinajstić information content (AvgIpc) is 1.71. The monoisotopic (exact) mass is 401 g/mol. The van der Waals surface area contributed by atoms with Crippen LogP contribution in [0.3, 0.4) is 0 Å². The van der Waals surface area contributed by atoms with E-state index in [0.29, 0.717) is 0 Å². The van der Waals surface area contributed by atoms with Crippen molar-refractivity contribution >= 4 is 52.3 Å². The zero-order valence-electron chi connectivity index (χ0n) is 12.9. The van der Waals surface area contributed by atoms with E-state index in [4.69, 9.17) is 0 Å². The van der Waals surface area contributed by atoms with E-state index >= 15 is 0 Å². The second kappa shape index (κ2) is 4.94. The van der Waals surface area contributed by atoms with Gasteiger partial charge >= 0.3 is 0 Å². The summed E-state index contributed by atoms with van der Waals surface area (Å²) in [7, 11) is -2.45. The van der Waals surface area contributed by atoms with Crippen LogP contribution in [0.25, 0.3) is 0 Å². The first-order valence-corrected chi connectivity index (χ1v) is 21.8. The minimum atomic E-state index is -1.13. The predicted octanol–water partition coefficient (Wildman–Crippen LogP) is 5.42. The summed E-state index contributed by atoms with van der Waals surface area (Å²) in [5, 5.41) is 0. The molecule has 0 saturated carbocycles. The highest BCUT2D eigenvalue weighted by molar-refractivity contribution is 14.1. The van der Waals surface area contributed by atoms with Crippen LogP contribution in [-0.2, 0) is 0 Å². The molecule has 0 aromatic heterocycles. The summed E-state index contributed by atoms with van der Waals surface area (Å²) in [6, 6.07) is 0. The molecule has 0 amide bonds. The standard InChI is InChI=1S/C11H30ISi4/c1-13(2)11(14(3,4)5,15(6,7)8)16(9,10)12/h1-10H3. The smallest absolute Gasteiger partial charge is 0.117 e. The maximum absolute atomic E-state index is 2.89. The maximum atomic E-state index is 2.89. The van der Waals surface area contributed by atoms with Gasteiger partial charge in [-0.3, -0.25) is 0 Å². The van der Waals surface area contributed by atoms with Crippen LogP contribution in [0, 0.1) is 0 Å². The molecule has 16 heavy (non-hydrogen) atoms. The van der Waals surface area contributed by atoms with Crippen molar-refractivity contribution in [3.63, 3.8) is 0 Å². The fraction of sp³-hybridized carbons (Fsp3) is 1.00. The predicted molar refractivity (Wildman–Crippen MR) is 98.4 cm³/mol. The van der Waals surface area contributed by atoms with E-state index in [1.165, 1.54) is 0 Å². The molecule has 97 valence electrons. The lowest BCUT2D eigenvalue weighted by molar-refractivity contribution is 1.24. The summed E-state index contributed by atoms with van der Waals surface area (Å²) in [6.07, 6.45) is 0. The molecule has 0 spiro atoms. The van der Waals surface area contributed by atoms with Crippen LogP contribution >= 0.6 is 21.8 Å². The van der Waals surface area contributed by atoms with E-state index in [1.54, 1.807) is 0 Å².